The number of pyridine rings is 1. The molecule has 1 aromatic heterocycles. The van der Waals surface area contributed by atoms with Crippen LogP contribution in [0.25, 0.3) is 5.76 Å². The maximum absolute atomic E-state index is 13.0. The fourth-order valence-corrected chi connectivity index (χ4v) is 3.80. The Balaban J connectivity index is 1.92. The Kier molecular flexibility index (Phi) is 5.80. The molecular weight excluding hydrogens is 484 g/mol. The van der Waals surface area contributed by atoms with E-state index in [1.165, 1.54) is 4.90 Å². The van der Waals surface area contributed by atoms with Gasteiger partial charge in [-0.05, 0) is 70.0 Å². The molecule has 1 atom stereocenters. The van der Waals surface area contributed by atoms with Gasteiger partial charge in [-0.2, -0.15) is 0 Å². The monoisotopic (exact) mass is 498 g/mol. The Bertz CT molecular complexity index is 1180. The average molecular weight is 500 g/mol. The number of Topliss-reactive ketones (excluding diaryl/α,β-unsaturated/α-hetero) is 1. The first kappa shape index (κ1) is 21.1. The fourth-order valence-electron chi connectivity index (χ4n) is 3.44. The Labute approximate surface area is 191 Å². The second-order valence-corrected chi connectivity index (χ2v) is 8.14. The number of ketones is 1. The number of anilines is 1. The van der Waals surface area contributed by atoms with Crippen molar-refractivity contribution in [3.63, 3.8) is 0 Å². The van der Waals surface area contributed by atoms with Crippen LogP contribution in [0.1, 0.15) is 17.2 Å². The van der Waals surface area contributed by atoms with Crippen LogP contribution in [0.15, 0.2) is 76.9 Å². The minimum atomic E-state index is -0.866. The highest BCUT2D eigenvalue weighted by Gasteiger charge is 2.47. The number of aliphatic hydroxyl groups is 1. The van der Waals surface area contributed by atoms with E-state index in [9.17, 15) is 14.7 Å². The van der Waals surface area contributed by atoms with E-state index in [1.807, 2.05) is 0 Å². The summed E-state index contributed by atoms with van der Waals surface area (Å²) < 4.78 is 5.95. The molecule has 2 aromatic carbocycles. The summed E-state index contributed by atoms with van der Waals surface area (Å²) in [4.78, 5) is 31.7. The number of benzene rings is 2. The molecule has 1 saturated heterocycles. The lowest BCUT2D eigenvalue weighted by atomic mass is 9.95. The van der Waals surface area contributed by atoms with Gasteiger partial charge in [-0.15, -0.1) is 0 Å². The van der Waals surface area contributed by atoms with Crippen LogP contribution in [0.5, 0.6) is 5.75 Å². The quantitative estimate of drug-likeness (QED) is 0.306. The number of hydrogen-bond donors (Lipinski definition) is 1. The highest BCUT2D eigenvalue weighted by Crippen LogP contribution is 2.42. The third-order valence-electron chi connectivity index (χ3n) is 4.95. The first-order chi connectivity index (χ1) is 14.9. The average Bonchev–Trinajstić information content (AvgIpc) is 3.05. The molecule has 0 bridgehead atoms. The lowest BCUT2D eigenvalue weighted by Gasteiger charge is -2.24. The van der Waals surface area contributed by atoms with E-state index in [1.54, 1.807) is 74.0 Å². The van der Waals surface area contributed by atoms with Crippen molar-refractivity contribution in [2.24, 2.45) is 0 Å². The number of aromatic nitrogens is 1. The van der Waals surface area contributed by atoms with Crippen molar-refractivity contribution in [3.8, 4) is 5.75 Å². The van der Waals surface area contributed by atoms with Gasteiger partial charge >= 0.3 is 5.91 Å². The van der Waals surface area contributed by atoms with Gasteiger partial charge in [-0.1, -0.05) is 23.7 Å². The van der Waals surface area contributed by atoms with E-state index in [0.29, 0.717) is 27.7 Å². The number of ether oxygens (including phenoxy) is 1. The van der Waals surface area contributed by atoms with Crippen molar-refractivity contribution < 1.29 is 19.4 Å². The van der Waals surface area contributed by atoms with Crippen molar-refractivity contribution in [1.82, 2.24) is 4.98 Å². The third-order valence-corrected chi connectivity index (χ3v) is 5.67. The summed E-state index contributed by atoms with van der Waals surface area (Å²) in [5, 5.41) is 11.5. The van der Waals surface area contributed by atoms with Gasteiger partial charge in [0.25, 0.3) is 5.78 Å². The van der Waals surface area contributed by atoms with Crippen LogP contribution in [0.3, 0.4) is 0 Å². The van der Waals surface area contributed by atoms with Crippen LogP contribution in [0, 0.1) is 0 Å². The van der Waals surface area contributed by atoms with Crippen molar-refractivity contribution in [2.45, 2.75) is 6.04 Å². The summed E-state index contributed by atoms with van der Waals surface area (Å²) in [5.74, 6) is -0.930. The number of hydrogen-bond acceptors (Lipinski definition) is 5. The topological polar surface area (TPSA) is 79.7 Å². The molecule has 1 aliphatic rings. The zero-order valence-corrected chi connectivity index (χ0v) is 18.6. The van der Waals surface area contributed by atoms with Gasteiger partial charge in [-0.3, -0.25) is 14.5 Å². The van der Waals surface area contributed by atoms with E-state index in [2.05, 4.69) is 20.9 Å². The lowest BCUT2D eigenvalue weighted by molar-refractivity contribution is -0.132. The van der Waals surface area contributed by atoms with Crippen molar-refractivity contribution in [2.75, 3.05) is 12.0 Å². The van der Waals surface area contributed by atoms with Gasteiger partial charge in [0.05, 0.1) is 18.7 Å². The van der Waals surface area contributed by atoms with Crippen molar-refractivity contribution in [3.05, 3.63) is 93.1 Å². The third kappa shape index (κ3) is 3.94. The highest BCUT2D eigenvalue weighted by atomic mass is 79.9. The van der Waals surface area contributed by atoms with E-state index in [-0.39, 0.29) is 11.3 Å². The molecule has 6 nitrogen and oxygen atoms in total. The zero-order chi connectivity index (χ0) is 22.1. The van der Waals surface area contributed by atoms with Crippen LogP contribution in [0.4, 0.5) is 5.82 Å². The van der Waals surface area contributed by atoms with Gasteiger partial charge in [0.15, 0.2) is 0 Å². The first-order valence-corrected chi connectivity index (χ1v) is 10.4. The molecule has 1 unspecified atom stereocenters. The number of halogens is 2. The molecule has 0 spiro atoms. The first-order valence-electron chi connectivity index (χ1n) is 9.23. The Morgan fingerprint density at radius 3 is 2.32 bits per heavy atom. The number of carbonyl (C=O) groups is 2. The largest absolute Gasteiger partial charge is 0.507 e. The molecular formula is C23H16BrClN2O4. The summed E-state index contributed by atoms with van der Waals surface area (Å²) >= 11 is 9.27. The summed E-state index contributed by atoms with van der Waals surface area (Å²) in [5.41, 5.74) is 0.979. The van der Waals surface area contributed by atoms with Gasteiger partial charge < -0.3 is 9.84 Å². The number of carbonyl (C=O) groups excluding carboxylic acids is 2. The van der Waals surface area contributed by atoms with Gasteiger partial charge in [-0.25, -0.2) is 4.98 Å². The normalized spacial score (nSPS) is 17.8. The maximum Gasteiger partial charge on any atom is 0.301 e. The molecule has 0 radical (unpaired) electrons. The molecule has 0 aliphatic carbocycles. The molecule has 2 heterocycles. The Hall–Kier alpha value is -3.16. The minimum Gasteiger partial charge on any atom is -0.507 e. The number of nitrogens with zero attached hydrogens (tertiary/aromatic N) is 2. The molecule has 8 heteroatoms. The SMILES string of the molecule is COc1ccc(C2C(=C(O)c3ccc(Cl)cc3)C(=O)C(=O)N2c2ccc(Br)cn2)cc1. The molecule has 1 amide bonds. The van der Waals surface area contributed by atoms with Gasteiger partial charge in [0.2, 0.25) is 0 Å². The summed E-state index contributed by atoms with van der Waals surface area (Å²) in [6.45, 7) is 0. The Morgan fingerprint density at radius 1 is 1.06 bits per heavy atom. The second-order valence-electron chi connectivity index (χ2n) is 6.78. The predicted octanol–water partition coefficient (Wildman–Crippen LogP) is 5.13. The van der Waals surface area contributed by atoms with Crippen LogP contribution < -0.4 is 9.64 Å². The van der Waals surface area contributed by atoms with E-state index < -0.39 is 17.7 Å². The number of aliphatic hydroxyl groups excluding tert-OH is 1. The van der Waals surface area contributed by atoms with Crippen LogP contribution in [0.2, 0.25) is 5.02 Å². The van der Waals surface area contributed by atoms with Gasteiger partial charge in [0.1, 0.15) is 17.3 Å². The predicted molar refractivity (Wildman–Crippen MR) is 121 cm³/mol. The molecule has 4 rings (SSSR count). The summed E-state index contributed by atoms with van der Waals surface area (Å²) in [6.07, 6.45) is 1.54. The molecule has 31 heavy (non-hydrogen) atoms. The standard InChI is InChI=1S/C23H16BrClN2O4/c1-31-17-9-4-13(5-10-17)20-19(21(28)14-2-7-16(25)8-3-14)22(29)23(30)27(20)18-11-6-15(24)12-26-18/h2-12,20,28H,1H3. The number of rotatable bonds is 4. The maximum atomic E-state index is 13.0. The number of amides is 1. The minimum absolute atomic E-state index is 0.0257. The van der Waals surface area contributed by atoms with Crippen molar-refractivity contribution >= 4 is 50.8 Å². The van der Waals surface area contributed by atoms with Crippen LogP contribution >= 0.6 is 27.5 Å². The van der Waals surface area contributed by atoms with Gasteiger partial charge in [0, 0.05) is 21.3 Å². The Morgan fingerprint density at radius 2 is 1.74 bits per heavy atom. The zero-order valence-electron chi connectivity index (χ0n) is 16.3. The lowest BCUT2D eigenvalue weighted by Crippen LogP contribution is -2.30. The summed E-state index contributed by atoms with van der Waals surface area (Å²) in [6, 6.07) is 15.8. The molecule has 156 valence electrons. The molecule has 1 N–H and O–H groups in total. The van der Waals surface area contributed by atoms with Crippen LogP contribution in [-0.4, -0.2) is 28.9 Å². The molecule has 3 aromatic rings. The molecule has 0 saturated carbocycles. The number of methoxy groups -OCH3 is 1. The van der Waals surface area contributed by atoms with E-state index >= 15 is 0 Å². The van der Waals surface area contributed by atoms with Crippen LogP contribution in [-0.2, 0) is 9.59 Å². The highest BCUT2D eigenvalue weighted by molar-refractivity contribution is 9.10. The molecule has 1 aliphatic heterocycles. The molecule has 1 fully saturated rings. The smallest absolute Gasteiger partial charge is 0.301 e. The fraction of sp³-hybridized carbons (Fsp3) is 0.0870. The van der Waals surface area contributed by atoms with E-state index in [4.69, 9.17) is 16.3 Å². The summed E-state index contributed by atoms with van der Waals surface area (Å²) in [7, 11) is 1.55. The second kappa shape index (κ2) is 8.53. The van der Waals surface area contributed by atoms with E-state index in [0.717, 1.165) is 4.47 Å². The van der Waals surface area contributed by atoms with Crippen molar-refractivity contribution in [1.29, 1.82) is 0 Å².